The predicted octanol–water partition coefficient (Wildman–Crippen LogP) is 2.38. The third kappa shape index (κ3) is 3.51. The van der Waals surface area contributed by atoms with Gasteiger partial charge in [0.15, 0.2) is 11.6 Å². The second-order valence-corrected chi connectivity index (χ2v) is 4.35. The Labute approximate surface area is 111 Å². The Hall–Kier alpha value is -1.94. The molecule has 0 bridgehead atoms. The van der Waals surface area contributed by atoms with Crippen LogP contribution < -0.4 is 4.74 Å². The lowest BCUT2D eigenvalue weighted by Gasteiger charge is -2.12. The zero-order valence-corrected chi connectivity index (χ0v) is 10.7. The quantitative estimate of drug-likeness (QED) is 0.898. The minimum absolute atomic E-state index is 0.202. The largest absolute Gasteiger partial charge is 0.494 e. The van der Waals surface area contributed by atoms with Crippen LogP contribution in [0, 0.1) is 5.82 Å². The molecule has 3 nitrogen and oxygen atoms in total. The van der Waals surface area contributed by atoms with Gasteiger partial charge in [0.05, 0.1) is 13.2 Å². The number of halogens is 1. The fourth-order valence-electron chi connectivity index (χ4n) is 1.99. The van der Waals surface area contributed by atoms with Gasteiger partial charge in [0.1, 0.15) is 0 Å². The van der Waals surface area contributed by atoms with Crippen LogP contribution in [0.5, 0.6) is 5.75 Å². The van der Waals surface area contributed by atoms with Gasteiger partial charge in [0.25, 0.3) is 0 Å². The Morgan fingerprint density at radius 1 is 1.21 bits per heavy atom. The summed E-state index contributed by atoms with van der Waals surface area (Å²) in [6, 6.07) is 8.62. The van der Waals surface area contributed by atoms with Crippen molar-refractivity contribution in [3.63, 3.8) is 0 Å². The summed E-state index contributed by atoms with van der Waals surface area (Å²) in [5.74, 6) is -0.201. The minimum Gasteiger partial charge on any atom is -0.494 e. The van der Waals surface area contributed by atoms with Crippen molar-refractivity contribution in [3.8, 4) is 5.75 Å². The van der Waals surface area contributed by atoms with Crippen LogP contribution in [0.4, 0.5) is 4.39 Å². The summed E-state index contributed by atoms with van der Waals surface area (Å²) in [5, 5.41) is 10.0. The maximum Gasteiger partial charge on any atom is 0.168 e. The van der Waals surface area contributed by atoms with Crippen molar-refractivity contribution in [2.45, 2.75) is 18.9 Å². The number of aromatic nitrogens is 1. The molecule has 0 radical (unpaired) electrons. The van der Waals surface area contributed by atoms with E-state index in [4.69, 9.17) is 4.74 Å². The summed E-state index contributed by atoms with van der Waals surface area (Å²) in [6.07, 6.45) is 3.44. The topological polar surface area (TPSA) is 42.4 Å². The number of aliphatic hydroxyl groups excluding tert-OH is 1. The van der Waals surface area contributed by atoms with Crippen molar-refractivity contribution in [1.82, 2.24) is 4.98 Å². The molecule has 0 spiro atoms. The van der Waals surface area contributed by atoms with Gasteiger partial charge in [0.2, 0.25) is 0 Å². The van der Waals surface area contributed by atoms with Crippen LogP contribution in [0.15, 0.2) is 42.7 Å². The summed E-state index contributed by atoms with van der Waals surface area (Å²) in [7, 11) is 1.43. The lowest BCUT2D eigenvalue weighted by molar-refractivity contribution is 0.174. The molecule has 19 heavy (non-hydrogen) atoms. The Balaban J connectivity index is 2.05. The first-order valence-electron chi connectivity index (χ1n) is 6.09. The first kappa shape index (κ1) is 13.5. The number of hydrogen-bond acceptors (Lipinski definition) is 3. The molecule has 0 aliphatic heterocycles. The number of hydrogen-bond donors (Lipinski definition) is 1. The number of pyridine rings is 1. The molecule has 100 valence electrons. The molecule has 0 saturated heterocycles. The molecule has 1 unspecified atom stereocenters. The third-order valence-corrected chi connectivity index (χ3v) is 2.94. The highest BCUT2D eigenvalue weighted by atomic mass is 19.1. The second-order valence-electron chi connectivity index (χ2n) is 4.35. The van der Waals surface area contributed by atoms with E-state index in [2.05, 4.69) is 4.98 Å². The second kappa shape index (κ2) is 6.29. The SMILES string of the molecule is COc1cccc(CC(O)Cc2ccncc2)c1F. The maximum atomic E-state index is 13.9. The van der Waals surface area contributed by atoms with Gasteiger partial charge in [-0.2, -0.15) is 0 Å². The molecule has 2 rings (SSSR count). The highest BCUT2D eigenvalue weighted by molar-refractivity contribution is 5.31. The lowest BCUT2D eigenvalue weighted by atomic mass is 10.0. The zero-order chi connectivity index (χ0) is 13.7. The number of nitrogens with zero attached hydrogens (tertiary/aromatic N) is 1. The zero-order valence-electron chi connectivity index (χ0n) is 10.7. The summed E-state index contributed by atoms with van der Waals surface area (Å²) in [4.78, 5) is 3.92. The van der Waals surface area contributed by atoms with Gasteiger partial charge < -0.3 is 9.84 Å². The van der Waals surface area contributed by atoms with Gasteiger partial charge in [0, 0.05) is 18.8 Å². The van der Waals surface area contributed by atoms with Crippen molar-refractivity contribution < 1.29 is 14.2 Å². The Bertz CT molecular complexity index is 531. The molecule has 0 fully saturated rings. The summed E-state index contributed by atoms with van der Waals surface area (Å²) >= 11 is 0. The molecule has 2 aromatic rings. The summed E-state index contributed by atoms with van der Waals surface area (Å²) < 4.78 is 18.8. The van der Waals surface area contributed by atoms with E-state index < -0.39 is 11.9 Å². The molecular formula is C15H16FNO2. The first-order valence-corrected chi connectivity index (χ1v) is 6.09. The minimum atomic E-state index is -0.635. The van der Waals surface area contributed by atoms with Gasteiger partial charge in [-0.05, 0) is 35.7 Å². The smallest absolute Gasteiger partial charge is 0.168 e. The standard InChI is InChI=1S/C15H16FNO2/c1-19-14-4-2-3-12(15(14)16)10-13(18)9-11-5-7-17-8-6-11/h2-8,13,18H,9-10H2,1H3. The number of methoxy groups -OCH3 is 1. The van der Waals surface area contributed by atoms with Crippen LogP contribution in [0.2, 0.25) is 0 Å². The van der Waals surface area contributed by atoms with E-state index in [1.807, 2.05) is 12.1 Å². The van der Waals surface area contributed by atoms with E-state index in [-0.39, 0.29) is 12.2 Å². The van der Waals surface area contributed by atoms with E-state index in [9.17, 15) is 9.50 Å². The van der Waals surface area contributed by atoms with E-state index >= 15 is 0 Å². The number of aliphatic hydroxyl groups is 1. The van der Waals surface area contributed by atoms with Gasteiger partial charge in [-0.3, -0.25) is 4.98 Å². The van der Waals surface area contributed by atoms with Gasteiger partial charge >= 0.3 is 0 Å². The van der Waals surface area contributed by atoms with E-state index in [0.717, 1.165) is 5.56 Å². The predicted molar refractivity (Wildman–Crippen MR) is 70.6 cm³/mol. The highest BCUT2D eigenvalue weighted by Crippen LogP contribution is 2.21. The molecule has 1 aromatic heterocycles. The van der Waals surface area contributed by atoms with Crippen molar-refractivity contribution >= 4 is 0 Å². The molecule has 1 N–H and O–H groups in total. The molecular weight excluding hydrogens is 245 g/mol. The fourth-order valence-corrected chi connectivity index (χ4v) is 1.99. The average Bonchev–Trinajstić information content (AvgIpc) is 2.42. The van der Waals surface area contributed by atoms with Crippen molar-refractivity contribution in [1.29, 1.82) is 0 Å². The van der Waals surface area contributed by atoms with Gasteiger partial charge in [-0.1, -0.05) is 12.1 Å². The maximum absolute atomic E-state index is 13.9. The van der Waals surface area contributed by atoms with E-state index in [1.165, 1.54) is 7.11 Å². The Kier molecular flexibility index (Phi) is 4.47. The van der Waals surface area contributed by atoms with Crippen LogP contribution in [0.1, 0.15) is 11.1 Å². The summed E-state index contributed by atoms with van der Waals surface area (Å²) in [5.41, 5.74) is 1.44. The third-order valence-electron chi connectivity index (χ3n) is 2.94. The monoisotopic (exact) mass is 261 g/mol. The number of ether oxygens (including phenoxy) is 1. The van der Waals surface area contributed by atoms with Crippen molar-refractivity contribution in [2.24, 2.45) is 0 Å². The van der Waals surface area contributed by atoms with Crippen LogP contribution >= 0.6 is 0 Å². The molecule has 0 aliphatic rings. The van der Waals surface area contributed by atoms with Crippen LogP contribution in [-0.2, 0) is 12.8 Å². The average molecular weight is 261 g/mol. The molecule has 1 heterocycles. The Morgan fingerprint density at radius 3 is 2.63 bits per heavy atom. The van der Waals surface area contributed by atoms with Gasteiger partial charge in [-0.25, -0.2) is 4.39 Å². The Morgan fingerprint density at radius 2 is 1.95 bits per heavy atom. The number of benzene rings is 1. The van der Waals surface area contributed by atoms with Crippen molar-refractivity contribution in [3.05, 3.63) is 59.7 Å². The number of rotatable bonds is 5. The first-order chi connectivity index (χ1) is 9.20. The fraction of sp³-hybridized carbons (Fsp3) is 0.267. The lowest BCUT2D eigenvalue weighted by Crippen LogP contribution is -2.15. The molecule has 1 aromatic carbocycles. The molecule has 0 saturated carbocycles. The molecule has 4 heteroatoms. The normalized spacial score (nSPS) is 12.2. The molecule has 0 amide bonds. The summed E-state index contributed by atoms with van der Waals surface area (Å²) in [6.45, 7) is 0. The molecule has 1 atom stereocenters. The van der Waals surface area contributed by atoms with E-state index in [1.54, 1.807) is 30.6 Å². The highest BCUT2D eigenvalue weighted by Gasteiger charge is 2.13. The van der Waals surface area contributed by atoms with Crippen LogP contribution in [0.3, 0.4) is 0 Å². The van der Waals surface area contributed by atoms with Crippen molar-refractivity contribution in [2.75, 3.05) is 7.11 Å². The molecule has 0 aliphatic carbocycles. The van der Waals surface area contributed by atoms with E-state index in [0.29, 0.717) is 12.0 Å². The van der Waals surface area contributed by atoms with Crippen LogP contribution in [-0.4, -0.2) is 23.3 Å². The van der Waals surface area contributed by atoms with Gasteiger partial charge in [-0.15, -0.1) is 0 Å². The van der Waals surface area contributed by atoms with Crippen LogP contribution in [0.25, 0.3) is 0 Å².